The van der Waals surface area contributed by atoms with Gasteiger partial charge in [-0.15, -0.1) is 0 Å². The van der Waals surface area contributed by atoms with Crippen molar-refractivity contribution >= 4 is 5.97 Å². The smallest absolute Gasteiger partial charge is 0.322 e. The average molecular weight is 281 g/mol. The lowest BCUT2D eigenvalue weighted by Gasteiger charge is -2.15. The number of methoxy groups -OCH3 is 2. The number of benzene rings is 1. The Morgan fingerprint density at radius 3 is 2.45 bits per heavy atom. The summed E-state index contributed by atoms with van der Waals surface area (Å²) in [4.78, 5) is 11.2. The van der Waals surface area contributed by atoms with E-state index in [9.17, 15) is 4.79 Å². The molecule has 1 aromatic carbocycles. The Morgan fingerprint density at radius 1 is 1.25 bits per heavy atom. The molecule has 112 valence electrons. The van der Waals surface area contributed by atoms with Gasteiger partial charge in [-0.25, -0.2) is 0 Å². The predicted octanol–water partition coefficient (Wildman–Crippen LogP) is 1.53. The summed E-state index contributed by atoms with van der Waals surface area (Å²) in [7, 11) is 3.01. The number of rotatable bonds is 8. The molecular weight excluding hydrogens is 258 g/mol. The van der Waals surface area contributed by atoms with Gasteiger partial charge in [0, 0.05) is 20.1 Å². The highest BCUT2D eigenvalue weighted by molar-refractivity contribution is 5.75. The molecule has 0 radical (unpaired) electrons. The minimum absolute atomic E-state index is 0.0955. The average Bonchev–Trinajstić information content (AvgIpc) is 2.46. The molecule has 0 heterocycles. The van der Waals surface area contributed by atoms with Gasteiger partial charge in [0.25, 0.3) is 0 Å². The third-order valence-electron chi connectivity index (χ3n) is 2.95. The number of carbonyl (C=O) groups is 1. The van der Waals surface area contributed by atoms with Crippen molar-refractivity contribution in [2.45, 2.75) is 31.9 Å². The SMILES string of the molecule is COCCC(C)Oc1ccc(CC(N)C(=O)OC)cc1. The lowest BCUT2D eigenvalue weighted by atomic mass is 10.1. The summed E-state index contributed by atoms with van der Waals surface area (Å²) in [6.45, 7) is 2.67. The molecule has 0 saturated heterocycles. The second-order valence-electron chi connectivity index (χ2n) is 4.69. The maximum absolute atomic E-state index is 11.2. The number of ether oxygens (including phenoxy) is 3. The third-order valence-corrected chi connectivity index (χ3v) is 2.95. The van der Waals surface area contributed by atoms with Gasteiger partial charge in [-0.2, -0.15) is 0 Å². The van der Waals surface area contributed by atoms with Crippen molar-refractivity contribution in [2.75, 3.05) is 20.8 Å². The van der Waals surface area contributed by atoms with Gasteiger partial charge in [-0.05, 0) is 31.0 Å². The van der Waals surface area contributed by atoms with Crippen LogP contribution in [0.5, 0.6) is 5.75 Å². The molecule has 1 aromatic rings. The van der Waals surface area contributed by atoms with E-state index in [1.807, 2.05) is 31.2 Å². The zero-order valence-corrected chi connectivity index (χ0v) is 12.3. The van der Waals surface area contributed by atoms with Crippen LogP contribution in [0.4, 0.5) is 0 Å². The van der Waals surface area contributed by atoms with Gasteiger partial charge in [0.2, 0.25) is 0 Å². The van der Waals surface area contributed by atoms with E-state index in [-0.39, 0.29) is 6.10 Å². The van der Waals surface area contributed by atoms with Gasteiger partial charge in [0.05, 0.1) is 13.2 Å². The van der Waals surface area contributed by atoms with E-state index in [0.717, 1.165) is 17.7 Å². The molecule has 2 unspecified atom stereocenters. The zero-order valence-electron chi connectivity index (χ0n) is 12.3. The Labute approximate surface area is 120 Å². The minimum atomic E-state index is -0.632. The highest BCUT2D eigenvalue weighted by atomic mass is 16.5. The van der Waals surface area contributed by atoms with Crippen molar-refractivity contribution in [2.24, 2.45) is 5.73 Å². The Bertz CT molecular complexity index is 405. The topological polar surface area (TPSA) is 70.8 Å². The number of hydrogen-bond donors (Lipinski definition) is 1. The summed E-state index contributed by atoms with van der Waals surface area (Å²) in [6.07, 6.45) is 1.38. The molecule has 0 aliphatic carbocycles. The Balaban J connectivity index is 2.49. The van der Waals surface area contributed by atoms with Crippen LogP contribution < -0.4 is 10.5 Å². The molecule has 0 bridgehead atoms. The maximum Gasteiger partial charge on any atom is 0.322 e. The van der Waals surface area contributed by atoms with Crippen molar-refractivity contribution in [3.63, 3.8) is 0 Å². The summed E-state index contributed by atoms with van der Waals surface area (Å²) in [5, 5.41) is 0. The molecule has 0 aromatic heterocycles. The summed E-state index contributed by atoms with van der Waals surface area (Å²) < 4.78 is 15.3. The number of hydrogen-bond acceptors (Lipinski definition) is 5. The fourth-order valence-electron chi connectivity index (χ4n) is 1.77. The second-order valence-corrected chi connectivity index (χ2v) is 4.69. The Hall–Kier alpha value is -1.59. The van der Waals surface area contributed by atoms with Gasteiger partial charge in [-0.3, -0.25) is 4.79 Å². The van der Waals surface area contributed by atoms with E-state index in [0.29, 0.717) is 13.0 Å². The van der Waals surface area contributed by atoms with E-state index in [1.54, 1.807) is 7.11 Å². The molecule has 0 fully saturated rings. The molecule has 2 atom stereocenters. The van der Waals surface area contributed by atoms with Crippen molar-refractivity contribution < 1.29 is 19.0 Å². The molecule has 0 spiro atoms. The van der Waals surface area contributed by atoms with Crippen LogP contribution in [0.25, 0.3) is 0 Å². The quantitative estimate of drug-likeness (QED) is 0.732. The fraction of sp³-hybridized carbons (Fsp3) is 0.533. The summed E-state index contributed by atoms with van der Waals surface area (Å²) in [6, 6.07) is 6.93. The van der Waals surface area contributed by atoms with E-state index < -0.39 is 12.0 Å². The van der Waals surface area contributed by atoms with Gasteiger partial charge < -0.3 is 19.9 Å². The lowest BCUT2D eigenvalue weighted by molar-refractivity contribution is -0.142. The summed E-state index contributed by atoms with van der Waals surface area (Å²) >= 11 is 0. The van der Waals surface area contributed by atoms with E-state index in [1.165, 1.54) is 7.11 Å². The van der Waals surface area contributed by atoms with Gasteiger partial charge in [0.15, 0.2) is 0 Å². The first-order valence-electron chi connectivity index (χ1n) is 6.64. The van der Waals surface area contributed by atoms with Crippen LogP contribution in [0.2, 0.25) is 0 Å². The maximum atomic E-state index is 11.2. The van der Waals surface area contributed by atoms with Crippen molar-refractivity contribution in [3.05, 3.63) is 29.8 Å². The van der Waals surface area contributed by atoms with Crippen molar-refractivity contribution in [3.8, 4) is 5.75 Å². The Morgan fingerprint density at radius 2 is 1.90 bits per heavy atom. The normalized spacial score (nSPS) is 13.6. The first-order chi connectivity index (χ1) is 9.56. The third kappa shape index (κ3) is 5.59. The molecule has 0 aliphatic rings. The van der Waals surface area contributed by atoms with Crippen LogP contribution in [0.15, 0.2) is 24.3 Å². The molecule has 2 N–H and O–H groups in total. The molecule has 20 heavy (non-hydrogen) atoms. The zero-order chi connectivity index (χ0) is 15.0. The van der Waals surface area contributed by atoms with Gasteiger partial charge in [0.1, 0.15) is 11.8 Å². The first-order valence-corrected chi connectivity index (χ1v) is 6.64. The monoisotopic (exact) mass is 281 g/mol. The van der Waals surface area contributed by atoms with E-state index >= 15 is 0 Å². The molecule has 0 saturated carbocycles. The van der Waals surface area contributed by atoms with Crippen LogP contribution in [0.1, 0.15) is 18.9 Å². The highest BCUT2D eigenvalue weighted by Crippen LogP contribution is 2.16. The van der Waals surface area contributed by atoms with Crippen molar-refractivity contribution in [1.29, 1.82) is 0 Å². The molecule has 5 heteroatoms. The van der Waals surface area contributed by atoms with Crippen LogP contribution in [0, 0.1) is 0 Å². The summed E-state index contributed by atoms with van der Waals surface area (Å²) in [5.74, 6) is 0.391. The predicted molar refractivity (Wildman–Crippen MR) is 76.7 cm³/mol. The van der Waals surface area contributed by atoms with Crippen molar-refractivity contribution in [1.82, 2.24) is 0 Å². The highest BCUT2D eigenvalue weighted by Gasteiger charge is 2.14. The first kappa shape index (κ1) is 16.5. The minimum Gasteiger partial charge on any atom is -0.491 e. The molecule has 1 rings (SSSR count). The molecule has 0 aliphatic heterocycles. The van der Waals surface area contributed by atoms with Crippen LogP contribution in [-0.4, -0.2) is 38.9 Å². The van der Waals surface area contributed by atoms with E-state index in [4.69, 9.17) is 15.2 Å². The largest absolute Gasteiger partial charge is 0.491 e. The van der Waals surface area contributed by atoms with Crippen LogP contribution >= 0.6 is 0 Å². The lowest BCUT2D eigenvalue weighted by Crippen LogP contribution is -2.33. The fourth-order valence-corrected chi connectivity index (χ4v) is 1.77. The summed E-state index contributed by atoms with van der Waals surface area (Å²) in [5.41, 5.74) is 6.69. The van der Waals surface area contributed by atoms with Crippen LogP contribution in [-0.2, 0) is 20.7 Å². The second kappa shape index (κ2) is 8.55. The van der Waals surface area contributed by atoms with Gasteiger partial charge in [-0.1, -0.05) is 12.1 Å². The standard InChI is InChI=1S/C15H23NO4/c1-11(8-9-18-2)20-13-6-4-12(5-7-13)10-14(16)15(17)19-3/h4-7,11,14H,8-10,16H2,1-3H3. The number of esters is 1. The molecular formula is C15H23NO4. The van der Waals surface area contributed by atoms with Gasteiger partial charge >= 0.3 is 5.97 Å². The Kier molecular flexibility index (Phi) is 7.04. The number of nitrogens with two attached hydrogens (primary N) is 1. The van der Waals surface area contributed by atoms with Crippen LogP contribution in [0.3, 0.4) is 0 Å². The number of carbonyl (C=O) groups excluding carboxylic acids is 1. The molecule has 0 amide bonds. The van der Waals surface area contributed by atoms with E-state index in [2.05, 4.69) is 4.74 Å². The molecule has 5 nitrogen and oxygen atoms in total.